The summed E-state index contributed by atoms with van der Waals surface area (Å²) in [5.41, 5.74) is 7.09. The van der Waals surface area contributed by atoms with E-state index in [0.29, 0.717) is 11.6 Å². The minimum absolute atomic E-state index is 0.0647. The highest BCUT2D eigenvalue weighted by Gasteiger charge is 2.33. The summed E-state index contributed by atoms with van der Waals surface area (Å²) in [6.45, 7) is 1.40. The van der Waals surface area contributed by atoms with E-state index in [1.165, 1.54) is 0 Å². The maximum absolute atomic E-state index is 12.1. The molecule has 110 valence electrons. The van der Waals surface area contributed by atoms with Crippen LogP contribution < -0.4 is 11.1 Å². The Morgan fingerprint density at radius 2 is 2.15 bits per heavy atom. The van der Waals surface area contributed by atoms with Crippen LogP contribution in [-0.4, -0.2) is 37.0 Å². The van der Waals surface area contributed by atoms with Gasteiger partial charge in [-0.25, -0.2) is 0 Å². The zero-order valence-corrected chi connectivity index (χ0v) is 12.6. The first-order valence-corrected chi connectivity index (χ1v) is 7.48. The smallest absolute Gasteiger partial charge is 0.237 e. The minimum Gasteiger partial charge on any atom is -0.358 e. The van der Waals surface area contributed by atoms with Crippen molar-refractivity contribution < 1.29 is 4.79 Å². The zero-order valence-electron chi connectivity index (χ0n) is 11.8. The summed E-state index contributed by atoms with van der Waals surface area (Å²) in [6, 6.07) is 7.72. The van der Waals surface area contributed by atoms with E-state index >= 15 is 0 Å². The molecule has 1 amide bonds. The summed E-state index contributed by atoms with van der Waals surface area (Å²) >= 11 is 5.94. The minimum atomic E-state index is -0.0852. The van der Waals surface area contributed by atoms with Crippen LogP contribution in [0.25, 0.3) is 0 Å². The van der Waals surface area contributed by atoms with Gasteiger partial charge < -0.3 is 11.1 Å². The molecular weight excluding hydrogens is 274 g/mol. The first kappa shape index (κ1) is 15.3. The molecule has 0 aliphatic carbocycles. The Kier molecular flexibility index (Phi) is 5.40. The van der Waals surface area contributed by atoms with Gasteiger partial charge in [-0.15, -0.1) is 0 Å². The molecule has 2 rings (SSSR count). The Hall–Kier alpha value is -1.10. The van der Waals surface area contributed by atoms with Crippen LogP contribution >= 0.6 is 11.6 Å². The number of likely N-dealkylation sites (tertiary alicyclic amines) is 1. The fraction of sp³-hybridized carbons (Fsp3) is 0.533. The van der Waals surface area contributed by atoms with Crippen LogP contribution in [0.4, 0.5) is 0 Å². The summed E-state index contributed by atoms with van der Waals surface area (Å²) in [7, 11) is 1.69. The molecule has 20 heavy (non-hydrogen) atoms. The molecule has 0 saturated carbocycles. The van der Waals surface area contributed by atoms with Crippen LogP contribution in [0.2, 0.25) is 5.02 Å². The molecular formula is C15H22ClN3O. The molecule has 1 aliphatic rings. The second-order valence-electron chi connectivity index (χ2n) is 5.17. The van der Waals surface area contributed by atoms with Crippen molar-refractivity contribution in [2.24, 2.45) is 5.73 Å². The molecule has 0 radical (unpaired) electrons. The van der Waals surface area contributed by atoms with Gasteiger partial charge in [-0.05, 0) is 37.1 Å². The van der Waals surface area contributed by atoms with Crippen LogP contribution in [0.1, 0.15) is 30.9 Å². The number of rotatable bonds is 4. The lowest BCUT2D eigenvalue weighted by atomic mass is 9.95. The van der Waals surface area contributed by atoms with Crippen LogP contribution in [0.15, 0.2) is 24.3 Å². The number of carbonyl (C=O) groups is 1. The fourth-order valence-electron chi connectivity index (χ4n) is 2.92. The van der Waals surface area contributed by atoms with Gasteiger partial charge in [0.25, 0.3) is 0 Å². The maximum Gasteiger partial charge on any atom is 0.237 e. The Bertz CT molecular complexity index is 449. The largest absolute Gasteiger partial charge is 0.358 e. The topological polar surface area (TPSA) is 58.4 Å². The van der Waals surface area contributed by atoms with Crippen molar-refractivity contribution in [3.05, 3.63) is 34.9 Å². The number of carbonyl (C=O) groups excluding carboxylic acids is 1. The standard InChI is InChI=1S/C15H22ClN3O/c1-18-15(20)13-4-2-3-9-19(13)14(10-17)11-5-7-12(16)8-6-11/h5-8,13-14H,2-4,9-10,17H2,1H3,(H,18,20). The number of benzene rings is 1. The van der Waals surface area contributed by atoms with Crippen molar-refractivity contribution in [1.29, 1.82) is 0 Å². The van der Waals surface area contributed by atoms with Gasteiger partial charge in [-0.3, -0.25) is 9.69 Å². The van der Waals surface area contributed by atoms with Crippen molar-refractivity contribution >= 4 is 17.5 Å². The molecule has 1 heterocycles. The molecule has 1 aromatic rings. The maximum atomic E-state index is 12.1. The van der Waals surface area contributed by atoms with Crippen LogP contribution in [0.3, 0.4) is 0 Å². The third-order valence-corrected chi connectivity index (χ3v) is 4.22. The van der Waals surface area contributed by atoms with Gasteiger partial charge in [0, 0.05) is 24.7 Å². The first-order chi connectivity index (χ1) is 9.67. The predicted molar refractivity (Wildman–Crippen MR) is 81.7 cm³/mol. The van der Waals surface area contributed by atoms with Gasteiger partial charge in [0.2, 0.25) is 5.91 Å². The average molecular weight is 296 g/mol. The number of nitrogens with one attached hydrogen (secondary N) is 1. The Morgan fingerprint density at radius 1 is 1.45 bits per heavy atom. The second-order valence-corrected chi connectivity index (χ2v) is 5.60. The number of hydrogen-bond acceptors (Lipinski definition) is 3. The van der Waals surface area contributed by atoms with Crippen molar-refractivity contribution in [2.45, 2.75) is 31.3 Å². The summed E-state index contributed by atoms with van der Waals surface area (Å²) in [6.07, 6.45) is 3.09. The Morgan fingerprint density at radius 3 is 2.75 bits per heavy atom. The van der Waals surface area contributed by atoms with Crippen molar-refractivity contribution in [3.8, 4) is 0 Å². The lowest BCUT2D eigenvalue weighted by Crippen LogP contribution is -2.51. The molecule has 1 fully saturated rings. The third-order valence-electron chi connectivity index (χ3n) is 3.97. The molecule has 1 saturated heterocycles. The van der Waals surface area contributed by atoms with E-state index < -0.39 is 0 Å². The predicted octanol–water partition coefficient (Wildman–Crippen LogP) is 1.94. The van der Waals surface area contributed by atoms with Crippen molar-refractivity contribution in [3.63, 3.8) is 0 Å². The number of nitrogens with two attached hydrogens (primary N) is 1. The quantitative estimate of drug-likeness (QED) is 0.892. The van der Waals surface area contributed by atoms with E-state index in [1.807, 2.05) is 24.3 Å². The summed E-state index contributed by atoms with van der Waals surface area (Å²) in [5.74, 6) is 0.0807. The summed E-state index contributed by atoms with van der Waals surface area (Å²) < 4.78 is 0. The molecule has 3 N–H and O–H groups in total. The zero-order chi connectivity index (χ0) is 14.5. The number of halogens is 1. The molecule has 2 unspecified atom stereocenters. The molecule has 4 nitrogen and oxygen atoms in total. The fourth-order valence-corrected chi connectivity index (χ4v) is 3.05. The highest BCUT2D eigenvalue weighted by molar-refractivity contribution is 6.30. The van der Waals surface area contributed by atoms with Crippen LogP contribution in [0, 0.1) is 0 Å². The average Bonchev–Trinajstić information content (AvgIpc) is 2.49. The van der Waals surface area contributed by atoms with Gasteiger partial charge in [0.05, 0.1) is 6.04 Å². The Balaban J connectivity index is 2.23. The molecule has 1 aromatic carbocycles. The second kappa shape index (κ2) is 7.07. The molecule has 2 atom stereocenters. The van der Waals surface area contributed by atoms with Crippen molar-refractivity contribution in [1.82, 2.24) is 10.2 Å². The number of amides is 1. The van der Waals surface area contributed by atoms with E-state index in [4.69, 9.17) is 17.3 Å². The highest BCUT2D eigenvalue weighted by Crippen LogP contribution is 2.28. The number of likely N-dealkylation sites (N-methyl/N-ethyl adjacent to an activating group) is 1. The molecule has 1 aliphatic heterocycles. The van der Waals surface area contributed by atoms with Crippen LogP contribution in [-0.2, 0) is 4.79 Å². The normalized spacial score (nSPS) is 21.4. The van der Waals surface area contributed by atoms with E-state index in [9.17, 15) is 4.79 Å². The van der Waals surface area contributed by atoms with E-state index in [-0.39, 0.29) is 18.0 Å². The van der Waals surface area contributed by atoms with Gasteiger partial charge in [0.15, 0.2) is 0 Å². The van der Waals surface area contributed by atoms with Gasteiger partial charge in [-0.1, -0.05) is 30.2 Å². The molecule has 0 spiro atoms. The van der Waals surface area contributed by atoms with Gasteiger partial charge in [-0.2, -0.15) is 0 Å². The van der Waals surface area contributed by atoms with Crippen molar-refractivity contribution in [2.75, 3.05) is 20.1 Å². The van der Waals surface area contributed by atoms with E-state index in [2.05, 4.69) is 10.2 Å². The summed E-state index contributed by atoms with van der Waals surface area (Å²) in [5, 5.41) is 3.48. The SMILES string of the molecule is CNC(=O)C1CCCCN1C(CN)c1ccc(Cl)cc1. The number of nitrogens with zero attached hydrogens (tertiary/aromatic N) is 1. The molecule has 0 bridgehead atoms. The van der Waals surface area contributed by atoms with Gasteiger partial charge >= 0.3 is 0 Å². The Labute approximate surface area is 125 Å². The van der Waals surface area contributed by atoms with E-state index in [1.54, 1.807) is 7.05 Å². The lowest BCUT2D eigenvalue weighted by Gasteiger charge is -2.40. The number of hydrogen-bond donors (Lipinski definition) is 2. The van der Waals surface area contributed by atoms with E-state index in [0.717, 1.165) is 31.4 Å². The third kappa shape index (κ3) is 3.32. The monoisotopic (exact) mass is 295 g/mol. The first-order valence-electron chi connectivity index (χ1n) is 7.10. The lowest BCUT2D eigenvalue weighted by molar-refractivity contribution is -0.128. The van der Waals surface area contributed by atoms with Crippen LogP contribution in [0.5, 0.6) is 0 Å². The highest BCUT2D eigenvalue weighted by atomic mass is 35.5. The summed E-state index contributed by atoms with van der Waals surface area (Å²) in [4.78, 5) is 14.3. The molecule has 5 heteroatoms. The number of piperidine rings is 1. The van der Waals surface area contributed by atoms with Gasteiger partial charge in [0.1, 0.15) is 0 Å². The molecule has 0 aromatic heterocycles.